The van der Waals surface area contributed by atoms with Crippen LogP contribution >= 0.6 is 0 Å². The lowest BCUT2D eigenvalue weighted by Gasteiger charge is -2.30. The zero-order chi connectivity index (χ0) is 19.1. The van der Waals surface area contributed by atoms with E-state index in [9.17, 15) is 8.42 Å². The van der Waals surface area contributed by atoms with Crippen LogP contribution in [0.4, 0.5) is 0 Å². The number of pyridine rings is 1. The molecule has 146 valence electrons. The van der Waals surface area contributed by atoms with Crippen molar-refractivity contribution in [1.29, 1.82) is 0 Å². The lowest BCUT2D eigenvalue weighted by molar-refractivity contribution is 0.171. The molecule has 2 aliphatic rings. The molecule has 0 unspecified atom stereocenters. The zero-order valence-electron chi connectivity index (χ0n) is 15.2. The summed E-state index contributed by atoms with van der Waals surface area (Å²) in [4.78, 5) is 0.239. The Labute approximate surface area is 162 Å². The molecule has 28 heavy (non-hydrogen) atoms. The molecule has 0 spiro atoms. The summed E-state index contributed by atoms with van der Waals surface area (Å²) in [5.74, 6) is 2.15. The summed E-state index contributed by atoms with van der Waals surface area (Å²) in [5, 5.41) is 8.53. The van der Waals surface area contributed by atoms with Crippen LogP contribution < -0.4 is 9.47 Å². The smallest absolute Gasteiger partial charge is 0.243 e. The van der Waals surface area contributed by atoms with Crippen LogP contribution in [0.3, 0.4) is 0 Å². The molecule has 8 nitrogen and oxygen atoms in total. The number of ether oxygens (including phenoxy) is 2. The van der Waals surface area contributed by atoms with Gasteiger partial charge in [-0.3, -0.25) is 4.40 Å². The maximum Gasteiger partial charge on any atom is 0.243 e. The van der Waals surface area contributed by atoms with E-state index >= 15 is 0 Å². The van der Waals surface area contributed by atoms with Crippen LogP contribution in [0.15, 0.2) is 47.5 Å². The van der Waals surface area contributed by atoms with Crippen molar-refractivity contribution in [3.8, 4) is 11.5 Å². The van der Waals surface area contributed by atoms with Gasteiger partial charge in [0.05, 0.1) is 4.90 Å². The van der Waals surface area contributed by atoms with Gasteiger partial charge in [0.15, 0.2) is 17.1 Å². The van der Waals surface area contributed by atoms with Gasteiger partial charge in [0.2, 0.25) is 10.0 Å². The molecule has 0 bridgehead atoms. The van der Waals surface area contributed by atoms with Crippen molar-refractivity contribution >= 4 is 15.7 Å². The minimum atomic E-state index is -3.58. The molecular weight excluding hydrogens is 380 g/mol. The van der Waals surface area contributed by atoms with Crippen molar-refractivity contribution in [2.24, 2.45) is 0 Å². The van der Waals surface area contributed by atoms with Gasteiger partial charge in [-0.1, -0.05) is 6.07 Å². The Bertz CT molecular complexity index is 1120. The minimum Gasteiger partial charge on any atom is -0.486 e. The number of hydrogen-bond acceptors (Lipinski definition) is 6. The summed E-state index contributed by atoms with van der Waals surface area (Å²) in [6.45, 7) is 1.80. The first-order valence-corrected chi connectivity index (χ1v) is 10.8. The summed E-state index contributed by atoms with van der Waals surface area (Å²) in [6.07, 6.45) is 3.36. The topological polar surface area (TPSA) is 86.0 Å². The quantitative estimate of drug-likeness (QED) is 0.669. The number of benzene rings is 1. The number of piperidine rings is 1. The van der Waals surface area contributed by atoms with E-state index in [1.807, 2.05) is 28.8 Å². The first-order valence-electron chi connectivity index (χ1n) is 9.32. The Morgan fingerprint density at radius 1 is 0.964 bits per heavy atom. The van der Waals surface area contributed by atoms with E-state index in [1.54, 1.807) is 18.2 Å². The molecule has 2 aromatic heterocycles. The number of rotatable bonds is 3. The van der Waals surface area contributed by atoms with Crippen LogP contribution in [-0.4, -0.2) is 53.6 Å². The largest absolute Gasteiger partial charge is 0.486 e. The van der Waals surface area contributed by atoms with E-state index in [1.165, 1.54) is 4.31 Å². The second kappa shape index (κ2) is 6.75. The van der Waals surface area contributed by atoms with Crippen LogP contribution in [0.5, 0.6) is 11.5 Å². The number of fused-ring (bicyclic) bond motifs is 2. The van der Waals surface area contributed by atoms with E-state index < -0.39 is 10.0 Å². The molecule has 0 N–H and O–H groups in total. The fourth-order valence-corrected chi connectivity index (χ4v) is 5.31. The molecule has 0 atom stereocenters. The van der Waals surface area contributed by atoms with Gasteiger partial charge in [0, 0.05) is 31.3 Å². The Kier molecular flexibility index (Phi) is 4.21. The number of aromatic nitrogens is 3. The van der Waals surface area contributed by atoms with E-state index in [0.717, 1.165) is 11.5 Å². The molecule has 0 amide bonds. The van der Waals surface area contributed by atoms with Crippen LogP contribution in [0.1, 0.15) is 24.6 Å². The van der Waals surface area contributed by atoms with Crippen LogP contribution in [0, 0.1) is 0 Å². The second-order valence-corrected chi connectivity index (χ2v) is 8.91. The van der Waals surface area contributed by atoms with Gasteiger partial charge >= 0.3 is 0 Å². The van der Waals surface area contributed by atoms with Crippen LogP contribution in [0.25, 0.3) is 5.65 Å². The molecule has 0 saturated carbocycles. The number of nitrogens with zero attached hydrogens (tertiary/aromatic N) is 4. The molecule has 0 aliphatic carbocycles. The second-order valence-electron chi connectivity index (χ2n) is 6.97. The lowest BCUT2D eigenvalue weighted by Crippen LogP contribution is -2.38. The summed E-state index contributed by atoms with van der Waals surface area (Å²) in [5.41, 5.74) is 0.809. The highest BCUT2D eigenvalue weighted by atomic mass is 32.2. The van der Waals surface area contributed by atoms with E-state index in [-0.39, 0.29) is 10.8 Å². The maximum atomic E-state index is 13.1. The maximum absolute atomic E-state index is 13.1. The van der Waals surface area contributed by atoms with Gasteiger partial charge < -0.3 is 9.47 Å². The van der Waals surface area contributed by atoms with Crippen LogP contribution in [0.2, 0.25) is 0 Å². The van der Waals surface area contributed by atoms with Crippen LogP contribution in [-0.2, 0) is 10.0 Å². The molecule has 1 aromatic carbocycles. The van der Waals surface area contributed by atoms with Gasteiger partial charge in [-0.15, -0.1) is 10.2 Å². The predicted molar refractivity (Wildman–Crippen MR) is 101 cm³/mol. The van der Waals surface area contributed by atoms with E-state index in [4.69, 9.17) is 9.47 Å². The molecule has 3 aromatic rings. The third kappa shape index (κ3) is 2.91. The van der Waals surface area contributed by atoms with Crippen molar-refractivity contribution in [1.82, 2.24) is 18.9 Å². The standard InChI is InChI=1S/C19H20N4O4S/c24-28(25,15-4-5-16-17(13-15)27-12-11-26-16)22-9-6-14(7-10-22)19-21-20-18-3-1-2-8-23(18)19/h1-5,8,13-14H,6-7,9-12H2. The van der Waals surface area contributed by atoms with Crippen molar-refractivity contribution < 1.29 is 17.9 Å². The molecule has 0 radical (unpaired) electrons. The molecule has 2 aliphatic heterocycles. The Hall–Kier alpha value is -2.65. The highest BCUT2D eigenvalue weighted by Gasteiger charge is 2.32. The van der Waals surface area contributed by atoms with Gasteiger partial charge in [0.1, 0.15) is 19.0 Å². The van der Waals surface area contributed by atoms with Gasteiger partial charge in [0.25, 0.3) is 0 Å². The summed E-state index contributed by atoms with van der Waals surface area (Å²) in [6, 6.07) is 10.6. The SMILES string of the molecule is O=S(=O)(c1ccc2c(c1)OCCO2)N1CCC(c2nnc3ccccn23)CC1. The Morgan fingerprint density at radius 3 is 2.57 bits per heavy atom. The molecule has 9 heteroatoms. The summed E-state index contributed by atoms with van der Waals surface area (Å²) in [7, 11) is -3.58. The van der Waals surface area contributed by atoms with Crippen molar-refractivity contribution in [2.75, 3.05) is 26.3 Å². The predicted octanol–water partition coefficient (Wildman–Crippen LogP) is 2.07. The van der Waals surface area contributed by atoms with Crippen molar-refractivity contribution in [3.63, 3.8) is 0 Å². The third-order valence-electron chi connectivity index (χ3n) is 5.31. The first kappa shape index (κ1) is 17.4. The number of sulfonamides is 1. The van der Waals surface area contributed by atoms with Gasteiger partial charge in [-0.2, -0.15) is 4.31 Å². The molecule has 5 rings (SSSR count). The fraction of sp³-hybridized carbons (Fsp3) is 0.368. The van der Waals surface area contributed by atoms with Gasteiger partial charge in [-0.25, -0.2) is 8.42 Å². The van der Waals surface area contributed by atoms with Crippen molar-refractivity contribution in [3.05, 3.63) is 48.4 Å². The molecule has 4 heterocycles. The average Bonchev–Trinajstić information content (AvgIpc) is 3.17. The summed E-state index contributed by atoms with van der Waals surface area (Å²) < 4.78 is 40.7. The molecule has 1 saturated heterocycles. The zero-order valence-corrected chi connectivity index (χ0v) is 16.0. The van der Waals surface area contributed by atoms with Crippen molar-refractivity contribution in [2.45, 2.75) is 23.7 Å². The molecular formula is C19H20N4O4S. The first-order chi connectivity index (χ1) is 13.6. The van der Waals surface area contributed by atoms with E-state index in [2.05, 4.69) is 10.2 Å². The average molecular weight is 400 g/mol. The highest BCUT2D eigenvalue weighted by Crippen LogP contribution is 2.35. The lowest BCUT2D eigenvalue weighted by atomic mass is 9.97. The molecule has 1 fully saturated rings. The normalized spacial score (nSPS) is 18.4. The Morgan fingerprint density at radius 2 is 1.75 bits per heavy atom. The Balaban J connectivity index is 1.34. The van der Waals surface area contributed by atoms with E-state index in [0.29, 0.717) is 50.6 Å². The third-order valence-corrected chi connectivity index (χ3v) is 7.21. The fourth-order valence-electron chi connectivity index (χ4n) is 3.83. The number of hydrogen-bond donors (Lipinski definition) is 0. The monoisotopic (exact) mass is 400 g/mol. The highest BCUT2D eigenvalue weighted by molar-refractivity contribution is 7.89. The minimum absolute atomic E-state index is 0.184. The summed E-state index contributed by atoms with van der Waals surface area (Å²) >= 11 is 0. The van der Waals surface area contributed by atoms with Gasteiger partial charge in [-0.05, 0) is 37.1 Å².